The minimum absolute atomic E-state index is 0.121. The highest BCUT2D eigenvalue weighted by Gasteiger charge is 2.24. The van der Waals surface area contributed by atoms with Gasteiger partial charge in [-0.15, -0.1) is 0 Å². The number of hydrogen-bond donors (Lipinski definition) is 1. The van der Waals surface area contributed by atoms with Crippen LogP contribution in [0.2, 0.25) is 0 Å². The van der Waals surface area contributed by atoms with Gasteiger partial charge >= 0.3 is 0 Å². The fraction of sp³-hybridized carbons (Fsp3) is 0.455. The molecule has 0 spiro atoms. The van der Waals surface area contributed by atoms with Crippen LogP contribution in [0.1, 0.15) is 32.4 Å². The Hall–Kier alpha value is -0.340. The van der Waals surface area contributed by atoms with Gasteiger partial charge in [-0.2, -0.15) is 0 Å². The topological polar surface area (TPSA) is 20.2 Å². The van der Waals surface area contributed by atoms with Crippen molar-refractivity contribution in [1.82, 2.24) is 0 Å². The number of aliphatic hydroxyl groups is 1. The quantitative estimate of drug-likeness (QED) is 0.799. The van der Waals surface area contributed by atoms with Crippen molar-refractivity contribution in [3.63, 3.8) is 0 Å². The Balaban J connectivity index is 3.02. The van der Waals surface area contributed by atoms with E-state index in [0.717, 1.165) is 10.0 Å². The maximum absolute atomic E-state index is 10.0. The van der Waals surface area contributed by atoms with E-state index in [1.807, 2.05) is 45.0 Å². The van der Waals surface area contributed by atoms with Gasteiger partial charge in [0.15, 0.2) is 0 Å². The summed E-state index contributed by atoms with van der Waals surface area (Å²) in [5, 5.41) is 10.0. The van der Waals surface area contributed by atoms with Gasteiger partial charge < -0.3 is 5.11 Å². The Morgan fingerprint density at radius 1 is 1.23 bits per heavy atom. The monoisotopic (exact) mass is 242 g/mol. The summed E-state index contributed by atoms with van der Waals surface area (Å²) in [7, 11) is 0. The number of halogens is 1. The van der Waals surface area contributed by atoms with E-state index in [2.05, 4.69) is 15.9 Å². The van der Waals surface area contributed by atoms with E-state index < -0.39 is 6.10 Å². The number of benzene rings is 1. The molecule has 0 fully saturated rings. The van der Waals surface area contributed by atoms with Crippen LogP contribution in [0.3, 0.4) is 0 Å². The molecule has 1 nitrogen and oxygen atoms in total. The number of rotatable bonds is 1. The van der Waals surface area contributed by atoms with E-state index in [-0.39, 0.29) is 5.41 Å². The van der Waals surface area contributed by atoms with Crippen LogP contribution >= 0.6 is 15.9 Å². The smallest absolute Gasteiger partial charge is 0.0849 e. The van der Waals surface area contributed by atoms with Crippen molar-refractivity contribution in [2.45, 2.75) is 26.9 Å². The van der Waals surface area contributed by atoms with Gasteiger partial charge in [0.1, 0.15) is 0 Å². The lowest BCUT2D eigenvalue weighted by atomic mass is 9.85. The van der Waals surface area contributed by atoms with E-state index in [9.17, 15) is 5.11 Å². The Kier molecular flexibility index (Phi) is 3.14. The van der Waals surface area contributed by atoms with Crippen molar-refractivity contribution in [3.8, 4) is 0 Å². The van der Waals surface area contributed by atoms with Gasteiger partial charge in [-0.1, -0.05) is 54.9 Å². The highest BCUT2D eigenvalue weighted by molar-refractivity contribution is 9.10. The molecule has 0 saturated heterocycles. The first-order valence-corrected chi connectivity index (χ1v) is 5.14. The summed E-state index contributed by atoms with van der Waals surface area (Å²) >= 11 is 3.43. The van der Waals surface area contributed by atoms with Gasteiger partial charge in [-0.25, -0.2) is 0 Å². The van der Waals surface area contributed by atoms with Crippen molar-refractivity contribution in [2.24, 2.45) is 5.41 Å². The maximum Gasteiger partial charge on any atom is 0.0849 e. The van der Waals surface area contributed by atoms with Crippen molar-refractivity contribution < 1.29 is 5.11 Å². The summed E-state index contributed by atoms with van der Waals surface area (Å²) in [6.07, 6.45) is -0.428. The molecule has 0 aliphatic rings. The Labute approximate surface area is 87.9 Å². The lowest BCUT2D eigenvalue weighted by Crippen LogP contribution is -2.18. The van der Waals surface area contributed by atoms with Crippen LogP contribution < -0.4 is 0 Å². The van der Waals surface area contributed by atoms with Crippen LogP contribution in [0, 0.1) is 5.41 Å². The molecule has 0 radical (unpaired) electrons. The molecule has 13 heavy (non-hydrogen) atoms. The van der Waals surface area contributed by atoms with Gasteiger partial charge in [0.25, 0.3) is 0 Å². The lowest BCUT2D eigenvalue weighted by Gasteiger charge is -2.26. The first-order chi connectivity index (χ1) is 5.93. The fourth-order valence-corrected chi connectivity index (χ4v) is 1.66. The molecule has 0 amide bonds. The Bertz CT molecular complexity index is 288. The van der Waals surface area contributed by atoms with Crippen LogP contribution in [-0.4, -0.2) is 5.11 Å². The maximum atomic E-state index is 10.0. The molecule has 1 N–H and O–H groups in total. The number of hydrogen-bond acceptors (Lipinski definition) is 1. The van der Waals surface area contributed by atoms with Crippen LogP contribution in [0.4, 0.5) is 0 Å². The second kappa shape index (κ2) is 3.81. The zero-order chi connectivity index (χ0) is 10.1. The molecule has 0 heterocycles. The zero-order valence-electron chi connectivity index (χ0n) is 8.21. The molecule has 0 aliphatic carbocycles. The van der Waals surface area contributed by atoms with E-state index in [1.54, 1.807) is 0 Å². The average Bonchev–Trinajstić information content (AvgIpc) is 2.02. The van der Waals surface area contributed by atoms with E-state index in [0.29, 0.717) is 0 Å². The summed E-state index contributed by atoms with van der Waals surface area (Å²) in [6.45, 7) is 6.07. The molecular formula is C11H15BrO. The largest absolute Gasteiger partial charge is 0.388 e. The van der Waals surface area contributed by atoms with Crippen molar-refractivity contribution in [1.29, 1.82) is 0 Å². The molecule has 0 aromatic heterocycles. The van der Waals surface area contributed by atoms with E-state index in [1.165, 1.54) is 0 Å². The fourth-order valence-electron chi connectivity index (χ4n) is 1.16. The van der Waals surface area contributed by atoms with Crippen molar-refractivity contribution >= 4 is 15.9 Å². The summed E-state index contributed by atoms with van der Waals surface area (Å²) in [5.74, 6) is 0. The molecule has 1 unspecified atom stereocenters. The van der Waals surface area contributed by atoms with Crippen molar-refractivity contribution in [2.75, 3.05) is 0 Å². The van der Waals surface area contributed by atoms with Gasteiger partial charge in [-0.3, -0.25) is 0 Å². The molecule has 1 aromatic rings. The van der Waals surface area contributed by atoms with E-state index >= 15 is 0 Å². The van der Waals surface area contributed by atoms with Gasteiger partial charge in [0.05, 0.1) is 6.10 Å². The SMILES string of the molecule is CC(C)(C)C(O)c1ccccc1Br. The van der Waals surface area contributed by atoms with Crippen LogP contribution in [0.5, 0.6) is 0 Å². The minimum atomic E-state index is -0.428. The van der Waals surface area contributed by atoms with Crippen LogP contribution in [-0.2, 0) is 0 Å². The third-order valence-corrected chi connectivity index (χ3v) is 2.74. The third-order valence-electron chi connectivity index (χ3n) is 2.02. The molecule has 2 heteroatoms. The molecule has 0 saturated carbocycles. The Morgan fingerprint density at radius 3 is 2.23 bits per heavy atom. The predicted molar refractivity (Wildman–Crippen MR) is 58.6 cm³/mol. The molecular weight excluding hydrogens is 228 g/mol. The zero-order valence-corrected chi connectivity index (χ0v) is 9.80. The molecule has 1 rings (SSSR count). The highest BCUT2D eigenvalue weighted by atomic mass is 79.9. The summed E-state index contributed by atoms with van der Waals surface area (Å²) in [6, 6.07) is 7.78. The minimum Gasteiger partial charge on any atom is -0.388 e. The van der Waals surface area contributed by atoms with Crippen molar-refractivity contribution in [3.05, 3.63) is 34.3 Å². The molecule has 72 valence electrons. The van der Waals surface area contributed by atoms with Crippen LogP contribution in [0.15, 0.2) is 28.7 Å². The second-order valence-electron chi connectivity index (χ2n) is 4.29. The number of aliphatic hydroxyl groups excluding tert-OH is 1. The first-order valence-electron chi connectivity index (χ1n) is 4.35. The summed E-state index contributed by atoms with van der Waals surface area (Å²) < 4.78 is 0.970. The average molecular weight is 243 g/mol. The molecule has 0 aliphatic heterocycles. The molecule has 1 aromatic carbocycles. The van der Waals surface area contributed by atoms with Crippen LogP contribution in [0.25, 0.3) is 0 Å². The molecule has 1 atom stereocenters. The first kappa shape index (κ1) is 10.7. The second-order valence-corrected chi connectivity index (χ2v) is 5.14. The normalized spacial score (nSPS) is 14.2. The van der Waals surface area contributed by atoms with Gasteiger partial charge in [-0.05, 0) is 17.0 Å². The highest BCUT2D eigenvalue weighted by Crippen LogP contribution is 2.35. The summed E-state index contributed by atoms with van der Waals surface area (Å²) in [5.41, 5.74) is 0.833. The lowest BCUT2D eigenvalue weighted by molar-refractivity contribution is 0.0621. The van der Waals surface area contributed by atoms with Gasteiger partial charge in [0.2, 0.25) is 0 Å². The van der Waals surface area contributed by atoms with E-state index in [4.69, 9.17) is 0 Å². The standard InChI is InChI=1S/C11H15BrO/c1-11(2,3)10(13)8-6-4-5-7-9(8)12/h4-7,10,13H,1-3H3. The predicted octanol–water partition coefficient (Wildman–Crippen LogP) is 3.53. The Morgan fingerprint density at radius 2 is 1.77 bits per heavy atom. The molecule has 0 bridgehead atoms. The summed E-state index contributed by atoms with van der Waals surface area (Å²) in [4.78, 5) is 0. The third kappa shape index (κ3) is 2.55. The van der Waals surface area contributed by atoms with Gasteiger partial charge in [0, 0.05) is 4.47 Å².